The van der Waals surface area contributed by atoms with Crippen molar-refractivity contribution in [2.45, 2.75) is 60.6 Å². The Morgan fingerprint density at radius 1 is 0.849 bits per heavy atom. The molecule has 0 aliphatic carbocycles. The number of primary amides is 1. The fraction of sp³-hybridized carbons (Fsp3) is 0.400. The molecule has 290 valence electrons. The molecule has 53 heavy (non-hydrogen) atoms. The highest BCUT2D eigenvalue weighted by atomic mass is 79.9. The SMILES string of the molecule is C.C.C.NC(=O)c1[nH]c2cc(Br)ccc2c1N.O=C(Cl)C1CCN(C(=O)C(F)(F)F)CC1.O=c1[nH]c(N2CCCCC2)nc2c1[nH]c1cc(Br)ccc12. The van der Waals surface area contributed by atoms with Gasteiger partial charge < -0.3 is 31.2 Å². The molecule has 7 N–H and O–H groups in total. The zero-order valence-corrected chi connectivity index (χ0v) is 30.2. The van der Waals surface area contributed by atoms with Crippen molar-refractivity contribution in [2.24, 2.45) is 11.7 Å². The van der Waals surface area contributed by atoms with Crippen molar-refractivity contribution in [1.82, 2.24) is 24.8 Å². The predicted octanol–water partition coefficient (Wildman–Crippen LogP) is 8.23. The summed E-state index contributed by atoms with van der Waals surface area (Å²) >= 11 is 12.0. The number of nitrogens with one attached hydrogen (secondary N) is 3. The number of likely N-dealkylation sites (tertiary alicyclic amines) is 1. The number of rotatable bonds is 3. The molecule has 2 saturated heterocycles. The lowest BCUT2D eigenvalue weighted by Crippen LogP contribution is -2.45. The highest BCUT2D eigenvalue weighted by Gasteiger charge is 2.43. The van der Waals surface area contributed by atoms with Crippen LogP contribution < -0.4 is 21.9 Å². The number of amides is 2. The molecule has 0 radical (unpaired) electrons. The minimum atomic E-state index is -4.84. The van der Waals surface area contributed by atoms with Crippen LogP contribution in [0.4, 0.5) is 24.8 Å². The molecular formula is C35H44Br2ClF3N8O4. The molecule has 0 spiro atoms. The van der Waals surface area contributed by atoms with E-state index in [0.717, 1.165) is 62.2 Å². The second-order valence-corrected chi connectivity index (χ2v) is 14.0. The predicted molar refractivity (Wildman–Crippen MR) is 213 cm³/mol. The van der Waals surface area contributed by atoms with Gasteiger partial charge in [-0.3, -0.25) is 24.2 Å². The Bertz CT molecular complexity index is 2120. The van der Waals surface area contributed by atoms with Crippen molar-refractivity contribution in [1.29, 1.82) is 0 Å². The molecule has 2 aliphatic rings. The Labute approximate surface area is 326 Å². The van der Waals surface area contributed by atoms with E-state index in [0.29, 0.717) is 22.1 Å². The number of hydrogen-bond acceptors (Lipinski definition) is 7. The summed E-state index contributed by atoms with van der Waals surface area (Å²) in [6.45, 7) is 1.79. The molecule has 3 aromatic heterocycles. The summed E-state index contributed by atoms with van der Waals surface area (Å²) < 4.78 is 37.9. The number of nitrogens with zero attached hydrogens (tertiary/aromatic N) is 3. The van der Waals surface area contributed by atoms with E-state index in [9.17, 15) is 32.3 Å². The summed E-state index contributed by atoms with van der Waals surface area (Å²) in [5, 5.41) is 1.24. The number of anilines is 2. The number of carbonyl (C=O) groups is 3. The van der Waals surface area contributed by atoms with E-state index in [2.05, 4.69) is 51.7 Å². The number of nitrogens with two attached hydrogens (primary N) is 2. The quantitative estimate of drug-likeness (QED) is 0.113. The van der Waals surface area contributed by atoms with Gasteiger partial charge in [0.25, 0.3) is 11.5 Å². The number of piperidine rings is 2. The van der Waals surface area contributed by atoms with Gasteiger partial charge >= 0.3 is 12.1 Å². The zero-order chi connectivity index (χ0) is 36.3. The van der Waals surface area contributed by atoms with Crippen LogP contribution in [0.2, 0.25) is 0 Å². The second kappa shape index (κ2) is 18.8. The fourth-order valence-corrected chi connectivity index (χ4v) is 6.80. The van der Waals surface area contributed by atoms with E-state index in [4.69, 9.17) is 28.1 Å². The van der Waals surface area contributed by atoms with Gasteiger partial charge in [0.05, 0.1) is 5.69 Å². The van der Waals surface area contributed by atoms with E-state index in [1.54, 1.807) is 0 Å². The van der Waals surface area contributed by atoms with Gasteiger partial charge in [0, 0.05) is 62.8 Å². The number of alkyl halides is 3. The topological polar surface area (TPSA) is 187 Å². The van der Waals surface area contributed by atoms with Crippen LogP contribution in [0.1, 0.15) is 64.9 Å². The maximum atomic E-state index is 12.3. The van der Waals surface area contributed by atoms with Gasteiger partial charge in [-0.25, -0.2) is 4.98 Å². The first-order valence-electron chi connectivity index (χ1n) is 15.5. The number of aromatic nitrogens is 4. The van der Waals surface area contributed by atoms with Gasteiger partial charge in [-0.05, 0) is 80.1 Å². The molecule has 18 heteroatoms. The van der Waals surface area contributed by atoms with Crippen molar-refractivity contribution in [3.8, 4) is 0 Å². The van der Waals surface area contributed by atoms with E-state index in [-0.39, 0.29) is 59.5 Å². The number of hydrogen-bond donors (Lipinski definition) is 5. The van der Waals surface area contributed by atoms with Crippen LogP contribution in [0.25, 0.3) is 32.8 Å². The number of nitrogen functional groups attached to an aromatic ring is 1. The van der Waals surface area contributed by atoms with Crippen LogP contribution in [0, 0.1) is 5.92 Å². The van der Waals surface area contributed by atoms with Gasteiger partial charge in [-0.1, -0.05) is 54.1 Å². The molecule has 0 saturated carbocycles. The number of aromatic amines is 3. The molecule has 2 fully saturated rings. The Morgan fingerprint density at radius 2 is 1.40 bits per heavy atom. The molecule has 2 aliphatic heterocycles. The number of halogens is 6. The van der Waals surface area contributed by atoms with E-state index in [1.165, 1.54) is 6.42 Å². The van der Waals surface area contributed by atoms with Gasteiger partial charge in [-0.15, -0.1) is 0 Å². The van der Waals surface area contributed by atoms with Crippen LogP contribution >= 0.6 is 43.5 Å². The Morgan fingerprint density at radius 3 is 1.92 bits per heavy atom. The lowest BCUT2D eigenvalue weighted by atomic mass is 9.98. The van der Waals surface area contributed by atoms with Crippen molar-refractivity contribution >= 4 is 105 Å². The number of H-pyrrole nitrogens is 3. The number of benzene rings is 2. The smallest absolute Gasteiger partial charge is 0.396 e. The lowest BCUT2D eigenvalue weighted by Gasteiger charge is -2.30. The molecule has 7 rings (SSSR count). The second-order valence-electron chi connectivity index (χ2n) is 11.8. The summed E-state index contributed by atoms with van der Waals surface area (Å²) in [6, 6.07) is 11.5. The highest BCUT2D eigenvalue weighted by molar-refractivity contribution is 9.10. The van der Waals surface area contributed by atoms with Crippen LogP contribution in [-0.4, -0.2) is 74.2 Å². The first kappa shape index (κ1) is 45.1. The summed E-state index contributed by atoms with van der Waals surface area (Å²) in [4.78, 5) is 61.3. The molecular weight excluding hydrogens is 849 g/mol. The van der Waals surface area contributed by atoms with Crippen LogP contribution in [0.15, 0.2) is 50.1 Å². The zero-order valence-electron chi connectivity index (χ0n) is 26.3. The normalized spacial score (nSPS) is 14.5. The molecule has 0 bridgehead atoms. The Hall–Kier alpha value is -4.09. The standard InChI is InChI=1S/C15H15BrN4O.C9H8BrN3O.C8H9ClF3NO2.3CH4/c16-9-4-5-10-11(8-9)17-13-12(10)18-15(19-14(13)21)20-6-2-1-3-7-20;10-4-1-2-5-6(3-4)13-8(7(5)11)9(12)14;9-6(14)5-1-3-13(4-2-5)7(15)8(10,11)12;;;/h4-5,8,17H,1-3,6-7H2,(H,18,19,21);1-3,13H,11H2,(H2,12,14);5H,1-4H2;3*1H4. The number of fused-ring (bicyclic) bond motifs is 4. The largest absolute Gasteiger partial charge is 0.471 e. The van der Waals surface area contributed by atoms with Crippen molar-refractivity contribution < 1.29 is 27.6 Å². The number of carbonyl (C=O) groups excluding carboxylic acids is 3. The third-order valence-corrected chi connectivity index (χ3v) is 9.75. The molecule has 0 unspecified atom stereocenters. The molecule has 2 amide bonds. The Balaban J connectivity index is 0.000000275. The maximum Gasteiger partial charge on any atom is 0.471 e. The van der Waals surface area contributed by atoms with Crippen LogP contribution in [0.3, 0.4) is 0 Å². The Kier molecular flexibility index (Phi) is 16.0. The monoisotopic (exact) mass is 890 g/mol. The van der Waals surface area contributed by atoms with Crippen molar-refractivity contribution in [3.63, 3.8) is 0 Å². The van der Waals surface area contributed by atoms with Crippen molar-refractivity contribution in [3.05, 3.63) is 61.4 Å². The van der Waals surface area contributed by atoms with Crippen molar-refractivity contribution in [2.75, 3.05) is 36.8 Å². The van der Waals surface area contributed by atoms with Gasteiger partial charge in [-0.2, -0.15) is 13.2 Å². The van der Waals surface area contributed by atoms with E-state index < -0.39 is 29.2 Å². The van der Waals surface area contributed by atoms with E-state index >= 15 is 0 Å². The summed E-state index contributed by atoms with van der Waals surface area (Å²) in [7, 11) is 0. The molecule has 2 aromatic carbocycles. The van der Waals surface area contributed by atoms with Crippen LogP contribution in [-0.2, 0) is 9.59 Å². The molecule has 0 atom stereocenters. The average Bonchev–Trinajstić information content (AvgIpc) is 3.61. The first-order valence-corrected chi connectivity index (χ1v) is 17.5. The van der Waals surface area contributed by atoms with Gasteiger partial charge in [0.2, 0.25) is 11.2 Å². The third kappa shape index (κ3) is 10.5. The summed E-state index contributed by atoms with van der Waals surface area (Å²) in [5.74, 6) is -2.13. The minimum Gasteiger partial charge on any atom is -0.396 e. The average molecular weight is 893 g/mol. The van der Waals surface area contributed by atoms with Gasteiger partial charge in [0.15, 0.2) is 0 Å². The minimum absolute atomic E-state index is 0. The van der Waals surface area contributed by atoms with Gasteiger partial charge in [0.1, 0.15) is 16.7 Å². The molecule has 5 aromatic rings. The van der Waals surface area contributed by atoms with Crippen LogP contribution in [0.5, 0.6) is 0 Å². The fourth-order valence-electron chi connectivity index (χ4n) is 5.86. The lowest BCUT2D eigenvalue weighted by molar-refractivity contribution is -0.186. The molecule has 5 heterocycles. The highest BCUT2D eigenvalue weighted by Crippen LogP contribution is 2.28. The maximum absolute atomic E-state index is 12.3. The molecule has 12 nitrogen and oxygen atoms in total. The van der Waals surface area contributed by atoms with E-state index in [1.807, 2.05) is 36.4 Å². The summed E-state index contributed by atoms with van der Waals surface area (Å²) in [5.41, 5.74) is 14.5. The third-order valence-electron chi connectivity index (χ3n) is 8.45. The first-order chi connectivity index (χ1) is 23.6. The summed E-state index contributed by atoms with van der Waals surface area (Å²) in [6.07, 6.45) is -0.874.